The van der Waals surface area contributed by atoms with Crippen molar-refractivity contribution in [2.45, 2.75) is 18.6 Å². The van der Waals surface area contributed by atoms with Crippen molar-refractivity contribution in [3.05, 3.63) is 0 Å². The normalized spacial score (nSPS) is 27.2. The van der Waals surface area contributed by atoms with Crippen LogP contribution in [0.2, 0.25) is 0 Å². The molecule has 74 valence electrons. The molecule has 0 radical (unpaired) electrons. The minimum absolute atomic E-state index is 0.413. The number of carboxylic acid groups (broad SMARTS) is 1. The quantitative estimate of drug-likeness (QED) is 0.407. The Morgan fingerprint density at radius 2 is 2.23 bits per heavy atom. The van der Waals surface area contributed by atoms with Crippen molar-refractivity contribution in [1.82, 2.24) is 10.6 Å². The second-order valence-electron chi connectivity index (χ2n) is 2.90. The molecule has 13 heavy (non-hydrogen) atoms. The third kappa shape index (κ3) is 2.67. The molecule has 6 nitrogen and oxygen atoms in total. The molecule has 2 atom stereocenters. The number of aliphatic carboxylic acids is 1. The predicted molar refractivity (Wildman–Crippen MR) is 43.1 cm³/mol. The molecule has 1 saturated heterocycles. The molecule has 4 N–H and O–H groups in total. The van der Waals surface area contributed by atoms with Crippen LogP contribution in [-0.2, 0) is 9.59 Å². The Hall–Kier alpha value is -1.14. The van der Waals surface area contributed by atoms with Crippen molar-refractivity contribution in [2.75, 3.05) is 13.1 Å². The van der Waals surface area contributed by atoms with Gasteiger partial charge in [-0.15, -0.1) is 0 Å². The number of hydrogen-bond acceptors (Lipinski definition) is 4. The molecule has 0 aromatic carbocycles. The van der Waals surface area contributed by atoms with Gasteiger partial charge in [-0.2, -0.15) is 0 Å². The van der Waals surface area contributed by atoms with E-state index in [1.54, 1.807) is 0 Å². The fourth-order valence-corrected chi connectivity index (χ4v) is 1.23. The van der Waals surface area contributed by atoms with E-state index < -0.39 is 30.6 Å². The van der Waals surface area contributed by atoms with Gasteiger partial charge in [-0.3, -0.25) is 9.59 Å². The zero-order chi connectivity index (χ0) is 9.84. The fraction of sp³-hybridized carbons (Fsp3) is 0.714. The van der Waals surface area contributed by atoms with Gasteiger partial charge in [0.25, 0.3) is 0 Å². The Morgan fingerprint density at radius 1 is 1.54 bits per heavy atom. The SMILES string of the molecule is O=C(O)CNC(=O)[C@@H]1NCCC1O. The van der Waals surface area contributed by atoms with Crippen molar-refractivity contribution >= 4 is 11.9 Å². The lowest BCUT2D eigenvalue weighted by Gasteiger charge is -2.13. The summed E-state index contributed by atoms with van der Waals surface area (Å²) in [5, 5.41) is 22.5. The number of carbonyl (C=O) groups is 2. The van der Waals surface area contributed by atoms with Gasteiger partial charge in [0.1, 0.15) is 12.6 Å². The molecule has 0 bridgehead atoms. The second-order valence-corrected chi connectivity index (χ2v) is 2.90. The van der Waals surface area contributed by atoms with E-state index in [9.17, 15) is 14.7 Å². The number of hydrogen-bond donors (Lipinski definition) is 4. The lowest BCUT2D eigenvalue weighted by Crippen LogP contribution is -2.47. The Morgan fingerprint density at radius 3 is 2.69 bits per heavy atom. The lowest BCUT2D eigenvalue weighted by atomic mass is 10.1. The standard InChI is InChI=1S/C7H12N2O4/c10-4-1-2-8-6(4)7(13)9-3-5(11)12/h4,6,8,10H,1-3H2,(H,9,13)(H,11,12)/t4?,6-/m1/s1. The summed E-state index contributed by atoms with van der Waals surface area (Å²) in [5.74, 6) is -1.56. The first-order valence-electron chi connectivity index (χ1n) is 4.02. The van der Waals surface area contributed by atoms with E-state index in [2.05, 4.69) is 10.6 Å². The molecule has 0 aromatic rings. The fourth-order valence-electron chi connectivity index (χ4n) is 1.23. The molecule has 0 saturated carbocycles. The Kier molecular flexibility index (Phi) is 3.21. The van der Waals surface area contributed by atoms with E-state index in [1.165, 1.54) is 0 Å². The summed E-state index contributed by atoms with van der Waals surface area (Å²) in [6, 6.07) is -0.667. The highest BCUT2D eigenvalue weighted by Crippen LogP contribution is 2.05. The first-order valence-corrected chi connectivity index (χ1v) is 4.02. The van der Waals surface area contributed by atoms with Crippen LogP contribution in [0.25, 0.3) is 0 Å². The van der Waals surface area contributed by atoms with E-state index in [1.807, 2.05) is 0 Å². The summed E-state index contributed by atoms with van der Waals surface area (Å²) < 4.78 is 0. The monoisotopic (exact) mass is 188 g/mol. The molecule has 1 aliphatic rings. The smallest absolute Gasteiger partial charge is 0.322 e. The molecule has 1 unspecified atom stereocenters. The van der Waals surface area contributed by atoms with Gasteiger partial charge in [0.05, 0.1) is 6.10 Å². The zero-order valence-corrected chi connectivity index (χ0v) is 6.99. The van der Waals surface area contributed by atoms with Gasteiger partial charge in [0.2, 0.25) is 5.91 Å². The van der Waals surface area contributed by atoms with Gasteiger partial charge < -0.3 is 20.8 Å². The molecule has 1 fully saturated rings. The summed E-state index contributed by atoms with van der Waals surface area (Å²) in [5.41, 5.74) is 0. The third-order valence-corrected chi connectivity index (χ3v) is 1.89. The second kappa shape index (κ2) is 4.20. The number of aliphatic hydroxyl groups is 1. The van der Waals surface area contributed by atoms with Crippen molar-refractivity contribution < 1.29 is 19.8 Å². The average molecular weight is 188 g/mol. The van der Waals surface area contributed by atoms with Crippen LogP contribution in [0.4, 0.5) is 0 Å². The Bertz CT molecular complexity index is 219. The average Bonchev–Trinajstić information content (AvgIpc) is 2.47. The van der Waals surface area contributed by atoms with Crippen LogP contribution in [0.3, 0.4) is 0 Å². The van der Waals surface area contributed by atoms with Crippen LogP contribution in [0.5, 0.6) is 0 Å². The molecule has 1 amide bonds. The molecule has 1 heterocycles. The van der Waals surface area contributed by atoms with Crippen molar-refractivity contribution in [3.63, 3.8) is 0 Å². The maximum Gasteiger partial charge on any atom is 0.322 e. The van der Waals surface area contributed by atoms with Crippen LogP contribution in [0.1, 0.15) is 6.42 Å². The summed E-state index contributed by atoms with van der Waals surface area (Å²) in [6.45, 7) is 0.163. The highest BCUT2D eigenvalue weighted by molar-refractivity contribution is 5.85. The molecular formula is C7H12N2O4. The number of rotatable bonds is 3. The van der Waals surface area contributed by atoms with Gasteiger partial charge in [-0.1, -0.05) is 0 Å². The number of nitrogens with one attached hydrogen (secondary N) is 2. The number of aliphatic hydroxyl groups excluding tert-OH is 1. The number of carboxylic acids is 1. The molecule has 1 rings (SSSR count). The van der Waals surface area contributed by atoms with Gasteiger partial charge in [-0.05, 0) is 13.0 Å². The van der Waals surface area contributed by atoms with Crippen LogP contribution in [0, 0.1) is 0 Å². The maximum absolute atomic E-state index is 11.2. The number of amides is 1. The van der Waals surface area contributed by atoms with Crippen LogP contribution in [-0.4, -0.2) is 47.3 Å². The Labute approximate surface area is 74.9 Å². The van der Waals surface area contributed by atoms with E-state index in [0.717, 1.165) is 0 Å². The maximum atomic E-state index is 11.2. The highest BCUT2D eigenvalue weighted by Gasteiger charge is 2.30. The molecular weight excluding hydrogens is 176 g/mol. The molecule has 0 aromatic heterocycles. The van der Waals surface area contributed by atoms with Crippen molar-refractivity contribution in [2.24, 2.45) is 0 Å². The van der Waals surface area contributed by atoms with E-state index in [4.69, 9.17) is 5.11 Å². The van der Waals surface area contributed by atoms with E-state index >= 15 is 0 Å². The zero-order valence-electron chi connectivity index (χ0n) is 6.99. The predicted octanol–water partition coefficient (Wildman–Crippen LogP) is -2.09. The van der Waals surface area contributed by atoms with Crippen molar-refractivity contribution in [3.8, 4) is 0 Å². The van der Waals surface area contributed by atoms with Crippen LogP contribution < -0.4 is 10.6 Å². The number of carbonyl (C=O) groups excluding carboxylic acids is 1. The minimum atomic E-state index is -1.10. The third-order valence-electron chi connectivity index (χ3n) is 1.89. The van der Waals surface area contributed by atoms with Gasteiger partial charge in [0.15, 0.2) is 0 Å². The Balaban J connectivity index is 2.34. The van der Waals surface area contributed by atoms with Gasteiger partial charge in [0, 0.05) is 0 Å². The molecule has 6 heteroatoms. The molecule has 0 aliphatic carbocycles. The lowest BCUT2D eigenvalue weighted by molar-refractivity contribution is -0.138. The minimum Gasteiger partial charge on any atom is -0.480 e. The van der Waals surface area contributed by atoms with Crippen LogP contribution >= 0.6 is 0 Å². The van der Waals surface area contributed by atoms with E-state index in [0.29, 0.717) is 13.0 Å². The summed E-state index contributed by atoms with van der Waals surface area (Å²) >= 11 is 0. The molecule has 1 aliphatic heterocycles. The van der Waals surface area contributed by atoms with Crippen LogP contribution in [0.15, 0.2) is 0 Å². The van der Waals surface area contributed by atoms with Gasteiger partial charge in [-0.25, -0.2) is 0 Å². The summed E-state index contributed by atoms with van der Waals surface area (Å²) in [4.78, 5) is 21.3. The topological polar surface area (TPSA) is 98.7 Å². The first-order chi connectivity index (χ1) is 6.11. The van der Waals surface area contributed by atoms with Crippen molar-refractivity contribution in [1.29, 1.82) is 0 Å². The molecule has 0 spiro atoms. The van der Waals surface area contributed by atoms with E-state index in [-0.39, 0.29) is 0 Å². The first kappa shape index (κ1) is 9.94. The summed E-state index contributed by atoms with van der Waals surface area (Å²) in [7, 11) is 0. The highest BCUT2D eigenvalue weighted by atomic mass is 16.4. The summed E-state index contributed by atoms with van der Waals surface area (Å²) in [6.07, 6.45) is -0.195. The van der Waals surface area contributed by atoms with Gasteiger partial charge >= 0.3 is 5.97 Å². The largest absolute Gasteiger partial charge is 0.480 e.